The molecule has 1 saturated heterocycles. The van der Waals surface area contributed by atoms with Crippen LogP contribution in [0.1, 0.15) is 38.5 Å². The Bertz CT molecular complexity index is 1000. The molecular formula is C25H29N3O5. The van der Waals surface area contributed by atoms with E-state index in [1.54, 1.807) is 67.7 Å². The monoisotopic (exact) mass is 451 g/mol. The lowest BCUT2D eigenvalue weighted by molar-refractivity contribution is -0.125. The number of ether oxygens (including phenoxy) is 2. The highest BCUT2D eigenvalue weighted by Crippen LogP contribution is 2.34. The van der Waals surface area contributed by atoms with E-state index in [-0.39, 0.29) is 30.3 Å². The number of carbonyl (C=O) groups excluding carboxylic acids is 3. The van der Waals surface area contributed by atoms with E-state index in [2.05, 4.69) is 5.32 Å². The molecule has 1 aliphatic heterocycles. The highest BCUT2D eigenvalue weighted by molar-refractivity contribution is 6.22. The number of methoxy groups -OCH3 is 2. The van der Waals surface area contributed by atoms with Crippen molar-refractivity contribution < 1.29 is 23.9 Å². The van der Waals surface area contributed by atoms with E-state index in [1.807, 2.05) is 0 Å². The zero-order valence-electron chi connectivity index (χ0n) is 19.0. The van der Waals surface area contributed by atoms with Crippen LogP contribution >= 0.6 is 0 Å². The van der Waals surface area contributed by atoms with Gasteiger partial charge in [-0.05, 0) is 61.4 Å². The second kappa shape index (κ2) is 9.94. The molecular weight excluding hydrogens is 422 g/mol. The van der Waals surface area contributed by atoms with E-state index in [0.717, 1.165) is 32.1 Å². The van der Waals surface area contributed by atoms with Gasteiger partial charge in [-0.25, -0.2) is 9.69 Å². The lowest BCUT2D eigenvalue weighted by Crippen LogP contribution is -2.45. The number of anilines is 2. The lowest BCUT2D eigenvalue weighted by Gasteiger charge is -2.33. The van der Waals surface area contributed by atoms with Gasteiger partial charge in [-0.3, -0.25) is 9.59 Å². The molecule has 8 nitrogen and oxygen atoms in total. The second-order valence-corrected chi connectivity index (χ2v) is 8.35. The Balaban J connectivity index is 1.56. The van der Waals surface area contributed by atoms with Crippen LogP contribution in [-0.2, 0) is 9.59 Å². The van der Waals surface area contributed by atoms with E-state index in [4.69, 9.17) is 9.47 Å². The van der Waals surface area contributed by atoms with Gasteiger partial charge in [-0.15, -0.1) is 0 Å². The number of rotatable bonds is 7. The summed E-state index contributed by atoms with van der Waals surface area (Å²) in [7, 11) is 3.13. The average molecular weight is 452 g/mol. The molecule has 4 rings (SSSR count). The summed E-state index contributed by atoms with van der Waals surface area (Å²) in [6.07, 6.45) is 4.72. The van der Waals surface area contributed by atoms with Crippen molar-refractivity contribution in [3.63, 3.8) is 0 Å². The molecule has 1 N–H and O–H groups in total. The third-order valence-electron chi connectivity index (χ3n) is 6.30. The van der Waals surface area contributed by atoms with Crippen LogP contribution in [0.2, 0.25) is 0 Å². The number of carbonyl (C=O) groups is 3. The zero-order chi connectivity index (χ0) is 23.4. The van der Waals surface area contributed by atoms with Crippen molar-refractivity contribution >= 4 is 29.2 Å². The van der Waals surface area contributed by atoms with E-state index >= 15 is 0 Å². The maximum atomic E-state index is 13.4. The number of nitrogens with zero attached hydrogens (tertiary/aromatic N) is 2. The van der Waals surface area contributed by atoms with Gasteiger partial charge in [0.2, 0.25) is 5.91 Å². The predicted octanol–water partition coefficient (Wildman–Crippen LogP) is 4.20. The minimum Gasteiger partial charge on any atom is -0.497 e. The first kappa shape index (κ1) is 22.6. The molecule has 2 fully saturated rings. The van der Waals surface area contributed by atoms with Gasteiger partial charge in [0, 0.05) is 11.7 Å². The quantitative estimate of drug-likeness (QED) is 0.638. The Morgan fingerprint density at radius 3 is 2.06 bits per heavy atom. The number of hydrogen-bond acceptors (Lipinski definition) is 5. The van der Waals surface area contributed by atoms with E-state index < -0.39 is 6.04 Å². The number of hydrogen-bond donors (Lipinski definition) is 1. The second-order valence-electron chi connectivity index (χ2n) is 8.35. The molecule has 0 unspecified atom stereocenters. The van der Waals surface area contributed by atoms with E-state index in [9.17, 15) is 14.4 Å². The third kappa shape index (κ3) is 4.79. The lowest BCUT2D eigenvalue weighted by atomic mass is 9.93. The van der Waals surface area contributed by atoms with Crippen molar-refractivity contribution in [2.45, 2.75) is 50.6 Å². The van der Waals surface area contributed by atoms with Crippen LogP contribution in [0.15, 0.2) is 48.5 Å². The third-order valence-corrected chi connectivity index (χ3v) is 6.30. The van der Waals surface area contributed by atoms with Gasteiger partial charge >= 0.3 is 6.03 Å². The Labute approximate surface area is 193 Å². The summed E-state index contributed by atoms with van der Waals surface area (Å²) in [5.41, 5.74) is 1.08. The van der Waals surface area contributed by atoms with Crippen LogP contribution in [0.5, 0.6) is 11.5 Å². The fourth-order valence-corrected chi connectivity index (χ4v) is 4.60. The molecule has 2 aromatic carbocycles. The first-order valence-corrected chi connectivity index (χ1v) is 11.3. The molecule has 1 atom stereocenters. The first-order valence-electron chi connectivity index (χ1n) is 11.3. The van der Waals surface area contributed by atoms with Crippen LogP contribution in [0.4, 0.5) is 16.2 Å². The van der Waals surface area contributed by atoms with E-state index in [0.29, 0.717) is 22.9 Å². The summed E-state index contributed by atoms with van der Waals surface area (Å²) >= 11 is 0. The minimum atomic E-state index is -0.832. The molecule has 0 radical (unpaired) electrons. The fourth-order valence-electron chi connectivity index (χ4n) is 4.60. The molecule has 174 valence electrons. The Kier molecular flexibility index (Phi) is 6.82. The van der Waals surface area contributed by atoms with Gasteiger partial charge in [0.15, 0.2) is 0 Å². The summed E-state index contributed by atoms with van der Waals surface area (Å²) in [6, 6.07) is 12.5. The van der Waals surface area contributed by atoms with Crippen molar-refractivity contribution in [1.29, 1.82) is 0 Å². The van der Waals surface area contributed by atoms with Crippen molar-refractivity contribution in [2.24, 2.45) is 0 Å². The number of amides is 4. The number of urea groups is 1. The number of nitrogens with one attached hydrogen (secondary N) is 1. The molecule has 4 amide bonds. The number of benzene rings is 2. The summed E-state index contributed by atoms with van der Waals surface area (Å²) < 4.78 is 10.3. The molecule has 8 heteroatoms. The van der Waals surface area contributed by atoms with Crippen LogP contribution in [0, 0.1) is 0 Å². The molecule has 0 spiro atoms. The summed E-state index contributed by atoms with van der Waals surface area (Å²) in [6.45, 7) is 0. The van der Waals surface area contributed by atoms with Gasteiger partial charge in [0.25, 0.3) is 5.91 Å². The van der Waals surface area contributed by atoms with Gasteiger partial charge in [0.1, 0.15) is 17.5 Å². The average Bonchev–Trinajstić information content (AvgIpc) is 3.09. The first-order chi connectivity index (χ1) is 16.0. The Hall–Kier alpha value is -3.55. The zero-order valence-corrected chi connectivity index (χ0v) is 19.0. The highest BCUT2D eigenvalue weighted by Gasteiger charge is 2.49. The maximum Gasteiger partial charge on any atom is 0.332 e. The van der Waals surface area contributed by atoms with Crippen molar-refractivity contribution in [3.05, 3.63) is 48.5 Å². The largest absolute Gasteiger partial charge is 0.497 e. The Morgan fingerprint density at radius 1 is 0.909 bits per heavy atom. The summed E-state index contributed by atoms with van der Waals surface area (Å²) in [5.74, 6) is 0.630. The highest BCUT2D eigenvalue weighted by atomic mass is 16.5. The van der Waals surface area contributed by atoms with E-state index in [1.165, 1.54) is 4.90 Å². The standard InChI is InChI=1S/C25H29N3O5/c1-32-20-12-8-17(9-13-20)26-23(29)16-22-24(30)28(19-10-14-21(33-2)15-11-19)25(31)27(22)18-6-4-3-5-7-18/h8-15,18,22H,3-7,16H2,1-2H3,(H,26,29)/t22-/m1/s1. The predicted molar refractivity (Wildman–Crippen MR) is 125 cm³/mol. The summed E-state index contributed by atoms with van der Waals surface area (Å²) in [4.78, 5) is 42.6. The van der Waals surface area contributed by atoms with Gasteiger partial charge in [-0.1, -0.05) is 19.3 Å². The van der Waals surface area contributed by atoms with Crippen molar-refractivity contribution in [3.8, 4) is 11.5 Å². The normalized spacial score (nSPS) is 19.0. The molecule has 1 saturated carbocycles. The molecule has 2 aliphatic rings. The van der Waals surface area contributed by atoms with Crippen LogP contribution in [0.25, 0.3) is 0 Å². The maximum absolute atomic E-state index is 13.4. The summed E-state index contributed by atoms with van der Waals surface area (Å²) in [5, 5.41) is 2.83. The minimum absolute atomic E-state index is 0.0442. The molecule has 1 heterocycles. The fraction of sp³-hybridized carbons (Fsp3) is 0.400. The topological polar surface area (TPSA) is 88.2 Å². The molecule has 33 heavy (non-hydrogen) atoms. The van der Waals surface area contributed by atoms with Gasteiger partial charge in [-0.2, -0.15) is 0 Å². The van der Waals surface area contributed by atoms with Crippen molar-refractivity contribution in [2.75, 3.05) is 24.4 Å². The van der Waals surface area contributed by atoms with Gasteiger partial charge < -0.3 is 19.7 Å². The van der Waals surface area contributed by atoms with Crippen LogP contribution in [0.3, 0.4) is 0 Å². The smallest absolute Gasteiger partial charge is 0.332 e. The van der Waals surface area contributed by atoms with Gasteiger partial charge in [0.05, 0.1) is 26.3 Å². The molecule has 1 aliphatic carbocycles. The van der Waals surface area contributed by atoms with Crippen molar-refractivity contribution in [1.82, 2.24) is 4.90 Å². The Morgan fingerprint density at radius 2 is 1.48 bits per heavy atom. The SMILES string of the molecule is COc1ccc(NC(=O)C[C@@H]2C(=O)N(c3ccc(OC)cc3)C(=O)N2C2CCCCC2)cc1. The molecule has 0 bridgehead atoms. The van der Waals surface area contributed by atoms with Crippen LogP contribution in [-0.4, -0.2) is 49.0 Å². The molecule has 2 aromatic rings. The number of imide groups is 1. The molecule has 0 aromatic heterocycles. The van der Waals surface area contributed by atoms with Crippen LogP contribution < -0.4 is 19.7 Å².